The zero-order chi connectivity index (χ0) is 37.3. The molecule has 0 aromatic carbocycles. The number of amides is 2. The molecule has 0 aromatic rings. The maximum absolute atomic E-state index is 13.4. The molecule has 0 saturated carbocycles. The van der Waals surface area contributed by atoms with Crippen molar-refractivity contribution in [2.45, 2.75) is 10.5 Å². The molecule has 0 spiro atoms. The van der Waals surface area contributed by atoms with Gasteiger partial charge in [0.1, 0.15) is 8.64 Å². The standard InChI is InChI=1S/C34H58N8O2S8/c1-5-7-37-13-21-39(22-14-37)31(43)47-25-29(27-49-33(45)41-17-9-35(3)10-18-41)51-52-30(28-50-34(46)42-19-11-36(4)12-20-42)26-48-32(44)40-23-15-38(8-6-2)16-24-40/h5-6,29-30H,1-2,7-28H2,3-4H3. The number of rotatable bonds is 15. The van der Waals surface area contributed by atoms with E-state index < -0.39 is 0 Å². The molecule has 52 heavy (non-hydrogen) atoms. The van der Waals surface area contributed by atoms with Crippen molar-refractivity contribution < 1.29 is 9.59 Å². The number of carbonyl (C=O) groups excluding carboxylic acids is 2. The van der Waals surface area contributed by atoms with E-state index in [1.54, 1.807) is 23.5 Å². The van der Waals surface area contributed by atoms with Crippen LogP contribution in [-0.4, -0.2) is 224 Å². The van der Waals surface area contributed by atoms with Crippen LogP contribution in [0.3, 0.4) is 0 Å². The predicted octanol–water partition coefficient (Wildman–Crippen LogP) is 4.95. The summed E-state index contributed by atoms with van der Waals surface area (Å²) in [5, 5.41) is 0.762. The Morgan fingerprint density at radius 1 is 0.519 bits per heavy atom. The molecule has 2 unspecified atom stereocenters. The lowest BCUT2D eigenvalue weighted by atomic mass is 10.3. The van der Waals surface area contributed by atoms with Gasteiger partial charge in [-0.3, -0.25) is 19.4 Å². The molecule has 4 aliphatic rings. The molecule has 0 aliphatic carbocycles. The van der Waals surface area contributed by atoms with Crippen LogP contribution in [0.4, 0.5) is 9.59 Å². The number of thiocarbonyl (C=S) groups is 2. The van der Waals surface area contributed by atoms with Crippen LogP contribution in [0.15, 0.2) is 25.3 Å². The summed E-state index contributed by atoms with van der Waals surface area (Å²) in [6.07, 6.45) is 3.86. The number of hydrogen-bond donors (Lipinski definition) is 0. The SMILES string of the molecule is C=CCN1CCN(C(=O)SCC(CSC(=S)N2CCN(C)CC2)SSC(CSC(=O)N2CCN(CC=C)CC2)CSC(=S)N2CCN(C)CC2)CC1. The van der Waals surface area contributed by atoms with Crippen molar-refractivity contribution >= 4 is 112 Å². The van der Waals surface area contributed by atoms with Gasteiger partial charge in [0.25, 0.3) is 10.5 Å². The Kier molecular flexibility index (Phi) is 21.3. The van der Waals surface area contributed by atoms with E-state index in [0.717, 1.165) is 149 Å². The number of likely N-dealkylation sites (N-methyl/N-ethyl adjacent to an activating group) is 2. The fourth-order valence-corrected chi connectivity index (χ4v) is 15.2. The van der Waals surface area contributed by atoms with Crippen LogP contribution in [-0.2, 0) is 0 Å². The molecule has 0 N–H and O–H groups in total. The first-order valence-electron chi connectivity index (χ1n) is 18.2. The molecule has 4 heterocycles. The maximum Gasteiger partial charge on any atom is 0.281 e. The van der Waals surface area contributed by atoms with E-state index in [2.05, 4.69) is 56.7 Å². The Bertz CT molecular complexity index is 1070. The summed E-state index contributed by atoms with van der Waals surface area (Å²) in [5.41, 5.74) is 0. The van der Waals surface area contributed by atoms with E-state index in [1.165, 1.54) is 23.5 Å². The van der Waals surface area contributed by atoms with Crippen molar-refractivity contribution in [3.8, 4) is 0 Å². The zero-order valence-corrected chi connectivity index (χ0v) is 37.5. The van der Waals surface area contributed by atoms with E-state index in [9.17, 15) is 9.59 Å². The second-order valence-corrected chi connectivity index (χ2v) is 21.6. The van der Waals surface area contributed by atoms with Gasteiger partial charge in [-0.15, -0.1) is 13.2 Å². The molecule has 4 fully saturated rings. The molecule has 0 bridgehead atoms. The molecule has 18 heteroatoms. The highest BCUT2D eigenvalue weighted by atomic mass is 33.1. The topological polar surface area (TPSA) is 60.1 Å². The highest BCUT2D eigenvalue weighted by Crippen LogP contribution is 2.38. The van der Waals surface area contributed by atoms with Crippen LogP contribution >= 0.6 is 93.1 Å². The van der Waals surface area contributed by atoms with Crippen LogP contribution in [0.1, 0.15) is 0 Å². The zero-order valence-electron chi connectivity index (χ0n) is 30.9. The third-order valence-electron chi connectivity index (χ3n) is 9.46. The van der Waals surface area contributed by atoms with Crippen molar-refractivity contribution in [1.82, 2.24) is 39.2 Å². The summed E-state index contributed by atoms with van der Waals surface area (Å²) in [6.45, 7) is 24.0. The fraction of sp³-hybridized carbons (Fsp3) is 0.765. The van der Waals surface area contributed by atoms with Gasteiger partial charge < -0.3 is 29.4 Å². The second-order valence-electron chi connectivity index (χ2n) is 13.5. The highest BCUT2D eigenvalue weighted by molar-refractivity contribution is 8.77. The van der Waals surface area contributed by atoms with E-state index >= 15 is 0 Å². The van der Waals surface area contributed by atoms with Crippen LogP contribution in [0, 0.1) is 0 Å². The number of piperazine rings is 4. The van der Waals surface area contributed by atoms with Gasteiger partial charge in [-0.05, 0) is 14.1 Å². The first-order valence-corrected chi connectivity index (χ1v) is 25.2. The largest absolute Gasteiger partial charge is 0.355 e. The third kappa shape index (κ3) is 15.9. The molecular formula is C34H58N8O2S8. The minimum absolute atomic E-state index is 0.166. The van der Waals surface area contributed by atoms with Gasteiger partial charge in [0, 0.05) is 151 Å². The Hall–Kier alpha value is 0.140. The average Bonchev–Trinajstić information content (AvgIpc) is 3.16. The second kappa shape index (κ2) is 24.7. The lowest BCUT2D eigenvalue weighted by Crippen LogP contribution is -2.47. The quantitative estimate of drug-likeness (QED) is 0.127. The van der Waals surface area contributed by atoms with Gasteiger partial charge in [-0.1, -0.05) is 105 Å². The van der Waals surface area contributed by atoms with Crippen molar-refractivity contribution in [3.63, 3.8) is 0 Å². The van der Waals surface area contributed by atoms with Gasteiger partial charge >= 0.3 is 0 Å². The summed E-state index contributed by atoms with van der Waals surface area (Å²) in [6, 6.07) is 0. The third-order valence-corrected chi connectivity index (χ3v) is 19.1. The molecule has 294 valence electrons. The van der Waals surface area contributed by atoms with Crippen molar-refractivity contribution in [2.75, 3.05) is 155 Å². The van der Waals surface area contributed by atoms with Gasteiger partial charge in [-0.2, -0.15) is 0 Å². The smallest absolute Gasteiger partial charge is 0.281 e. The monoisotopic (exact) mass is 866 g/mol. The van der Waals surface area contributed by atoms with Gasteiger partial charge in [0.15, 0.2) is 0 Å². The average molecular weight is 867 g/mol. The first-order chi connectivity index (χ1) is 25.1. The minimum atomic E-state index is 0.166. The lowest BCUT2D eigenvalue weighted by molar-refractivity contribution is 0.163. The Labute approximate surface area is 349 Å². The predicted molar refractivity (Wildman–Crippen MR) is 243 cm³/mol. The van der Waals surface area contributed by atoms with E-state index in [0.29, 0.717) is 0 Å². The van der Waals surface area contributed by atoms with Crippen LogP contribution in [0.25, 0.3) is 0 Å². The summed E-state index contributed by atoms with van der Waals surface area (Å²) in [7, 11) is 8.05. The molecule has 0 aromatic heterocycles. The number of thioether (sulfide) groups is 4. The normalized spacial score (nSPS) is 21.2. The van der Waals surface area contributed by atoms with E-state index in [4.69, 9.17) is 24.4 Å². The lowest BCUT2D eigenvalue weighted by Gasteiger charge is -2.35. The van der Waals surface area contributed by atoms with E-state index in [-0.39, 0.29) is 21.0 Å². The molecule has 2 atom stereocenters. The molecule has 2 amide bonds. The summed E-state index contributed by atoms with van der Waals surface area (Å²) >= 11 is 18.2. The van der Waals surface area contributed by atoms with Gasteiger partial charge in [0.05, 0.1) is 0 Å². The summed E-state index contributed by atoms with van der Waals surface area (Å²) in [4.78, 5) is 44.7. The molecule has 4 rings (SSSR count). The number of nitrogens with zero attached hydrogens (tertiary/aromatic N) is 8. The Morgan fingerprint density at radius 3 is 1.15 bits per heavy atom. The van der Waals surface area contributed by atoms with Crippen LogP contribution in [0.5, 0.6) is 0 Å². The van der Waals surface area contributed by atoms with Crippen molar-refractivity contribution in [2.24, 2.45) is 0 Å². The van der Waals surface area contributed by atoms with Crippen molar-refractivity contribution in [1.29, 1.82) is 0 Å². The highest BCUT2D eigenvalue weighted by Gasteiger charge is 2.27. The maximum atomic E-state index is 13.4. The Balaban J connectivity index is 1.35. The van der Waals surface area contributed by atoms with Crippen LogP contribution < -0.4 is 0 Å². The summed E-state index contributed by atoms with van der Waals surface area (Å²) in [5.74, 6) is 3.14. The van der Waals surface area contributed by atoms with Crippen molar-refractivity contribution in [3.05, 3.63) is 25.3 Å². The molecule has 10 nitrogen and oxygen atoms in total. The molecule has 0 radical (unpaired) electrons. The molecular weight excluding hydrogens is 809 g/mol. The van der Waals surface area contributed by atoms with Gasteiger partial charge in [0.2, 0.25) is 0 Å². The minimum Gasteiger partial charge on any atom is -0.355 e. The first kappa shape index (κ1) is 44.8. The number of carbonyl (C=O) groups is 2. The van der Waals surface area contributed by atoms with E-state index in [1.807, 2.05) is 43.5 Å². The molecule has 4 saturated heterocycles. The number of hydrogen-bond acceptors (Lipinski definition) is 14. The summed E-state index contributed by atoms with van der Waals surface area (Å²) < 4.78 is 1.91. The molecule has 4 aliphatic heterocycles. The van der Waals surface area contributed by atoms with Gasteiger partial charge in [-0.25, -0.2) is 0 Å². The fourth-order valence-electron chi connectivity index (χ4n) is 5.96. The Morgan fingerprint density at radius 2 is 0.827 bits per heavy atom. The van der Waals surface area contributed by atoms with Crippen LogP contribution in [0.2, 0.25) is 0 Å².